The van der Waals surface area contributed by atoms with Crippen molar-refractivity contribution in [2.75, 3.05) is 5.73 Å². The summed E-state index contributed by atoms with van der Waals surface area (Å²) in [6, 6.07) is 3.60. The van der Waals surface area contributed by atoms with Crippen molar-refractivity contribution in [2.24, 2.45) is 0 Å². The Labute approximate surface area is 93.9 Å². The average Bonchev–Trinajstić information content (AvgIpc) is 2.74. The highest BCUT2D eigenvalue weighted by Crippen LogP contribution is 2.37. The molecule has 15 heavy (non-hydrogen) atoms. The zero-order valence-electron chi connectivity index (χ0n) is 8.33. The number of anilines is 1. The van der Waals surface area contributed by atoms with E-state index in [1.807, 2.05) is 6.07 Å². The van der Waals surface area contributed by atoms with E-state index in [0.717, 1.165) is 18.5 Å². The molecule has 0 unspecified atom stereocenters. The lowest BCUT2D eigenvalue weighted by atomic mass is 10.0. The van der Waals surface area contributed by atoms with Gasteiger partial charge in [0.2, 0.25) is 0 Å². The van der Waals surface area contributed by atoms with E-state index >= 15 is 0 Å². The number of hydrogen-bond donors (Lipinski definition) is 1. The van der Waals surface area contributed by atoms with Gasteiger partial charge in [0.05, 0.1) is 16.3 Å². The smallest absolute Gasteiger partial charge is 0.141 e. The van der Waals surface area contributed by atoms with E-state index in [2.05, 4.69) is 4.98 Å². The predicted octanol–water partition coefficient (Wildman–Crippen LogP) is 2.85. The molecular weight excluding hydrogens is 210 g/mol. The van der Waals surface area contributed by atoms with Crippen molar-refractivity contribution in [1.29, 1.82) is 5.26 Å². The summed E-state index contributed by atoms with van der Waals surface area (Å²) in [5.74, 6) is 0.719. The lowest BCUT2D eigenvalue weighted by molar-refractivity contribution is 0.699. The highest BCUT2D eigenvalue weighted by molar-refractivity contribution is 6.31. The molecule has 2 rings (SSSR count). The van der Waals surface area contributed by atoms with Crippen LogP contribution in [0.4, 0.5) is 5.82 Å². The summed E-state index contributed by atoms with van der Waals surface area (Å²) in [5.41, 5.74) is 6.91. The van der Waals surface area contributed by atoms with Crippen LogP contribution in [0.25, 0.3) is 0 Å². The van der Waals surface area contributed by atoms with Gasteiger partial charge in [-0.3, -0.25) is 0 Å². The van der Waals surface area contributed by atoms with Gasteiger partial charge in [-0.2, -0.15) is 5.26 Å². The van der Waals surface area contributed by atoms with E-state index in [9.17, 15) is 0 Å². The fourth-order valence-electron chi connectivity index (χ4n) is 2.09. The second-order valence-corrected chi connectivity index (χ2v) is 4.29. The lowest BCUT2D eigenvalue weighted by Gasteiger charge is -2.11. The largest absolute Gasteiger partial charge is 0.383 e. The van der Waals surface area contributed by atoms with Crippen LogP contribution in [0.2, 0.25) is 5.02 Å². The number of pyridine rings is 1. The summed E-state index contributed by atoms with van der Waals surface area (Å²) in [7, 11) is 0. The molecule has 1 aromatic heterocycles. The molecule has 0 aliphatic heterocycles. The first-order valence-electron chi connectivity index (χ1n) is 5.08. The van der Waals surface area contributed by atoms with E-state index in [4.69, 9.17) is 22.6 Å². The van der Waals surface area contributed by atoms with E-state index < -0.39 is 0 Å². The highest BCUT2D eigenvalue weighted by Gasteiger charge is 2.22. The van der Waals surface area contributed by atoms with Crippen LogP contribution in [0.15, 0.2) is 6.07 Å². The van der Waals surface area contributed by atoms with Gasteiger partial charge in [0.25, 0.3) is 0 Å². The van der Waals surface area contributed by atoms with Crippen LogP contribution in [0.5, 0.6) is 0 Å². The predicted molar refractivity (Wildman–Crippen MR) is 59.6 cm³/mol. The van der Waals surface area contributed by atoms with E-state index in [1.54, 1.807) is 6.07 Å². The third-order valence-electron chi connectivity index (χ3n) is 2.89. The van der Waals surface area contributed by atoms with Crippen LogP contribution in [-0.2, 0) is 0 Å². The fourth-order valence-corrected chi connectivity index (χ4v) is 2.40. The Bertz CT molecular complexity index is 417. The number of aromatic nitrogens is 1. The Kier molecular flexibility index (Phi) is 2.79. The minimum Gasteiger partial charge on any atom is -0.383 e. The van der Waals surface area contributed by atoms with Crippen LogP contribution in [0.1, 0.15) is 42.9 Å². The molecule has 1 aliphatic rings. The zero-order valence-corrected chi connectivity index (χ0v) is 9.09. The number of nitrogen functional groups attached to an aromatic ring is 1. The van der Waals surface area contributed by atoms with Gasteiger partial charge in [-0.15, -0.1) is 0 Å². The Balaban J connectivity index is 2.40. The van der Waals surface area contributed by atoms with Gasteiger partial charge < -0.3 is 5.73 Å². The first-order chi connectivity index (χ1) is 7.22. The molecule has 0 spiro atoms. The first-order valence-corrected chi connectivity index (χ1v) is 5.46. The van der Waals surface area contributed by atoms with Crippen LogP contribution in [-0.4, -0.2) is 4.98 Å². The van der Waals surface area contributed by atoms with Crippen molar-refractivity contribution in [3.63, 3.8) is 0 Å². The summed E-state index contributed by atoms with van der Waals surface area (Å²) < 4.78 is 0. The summed E-state index contributed by atoms with van der Waals surface area (Å²) >= 11 is 6.09. The van der Waals surface area contributed by atoms with Crippen molar-refractivity contribution in [3.8, 4) is 6.07 Å². The zero-order chi connectivity index (χ0) is 10.8. The molecule has 0 saturated heterocycles. The number of nitrogens with two attached hydrogens (primary N) is 1. The van der Waals surface area contributed by atoms with Crippen molar-refractivity contribution in [2.45, 2.75) is 31.6 Å². The number of rotatable bonds is 1. The van der Waals surface area contributed by atoms with Gasteiger partial charge >= 0.3 is 0 Å². The number of nitriles is 1. The van der Waals surface area contributed by atoms with Gasteiger partial charge in [-0.1, -0.05) is 24.4 Å². The van der Waals surface area contributed by atoms with Gasteiger partial charge in [0.1, 0.15) is 11.9 Å². The van der Waals surface area contributed by atoms with Gasteiger partial charge in [-0.05, 0) is 18.9 Å². The van der Waals surface area contributed by atoms with Crippen molar-refractivity contribution in [1.82, 2.24) is 4.98 Å². The van der Waals surface area contributed by atoms with Crippen LogP contribution in [0, 0.1) is 11.3 Å². The summed E-state index contributed by atoms with van der Waals surface area (Å²) in [6.45, 7) is 0. The molecule has 78 valence electrons. The van der Waals surface area contributed by atoms with Crippen molar-refractivity contribution >= 4 is 17.4 Å². The molecule has 0 radical (unpaired) electrons. The average molecular weight is 222 g/mol. The Morgan fingerprint density at radius 1 is 1.47 bits per heavy atom. The Hall–Kier alpha value is -1.27. The Morgan fingerprint density at radius 2 is 2.13 bits per heavy atom. The molecule has 1 aliphatic carbocycles. The molecule has 0 aromatic carbocycles. The summed E-state index contributed by atoms with van der Waals surface area (Å²) in [6.07, 6.45) is 4.70. The normalized spacial score (nSPS) is 16.5. The third kappa shape index (κ3) is 1.91. The summed E-state index contributed by atoms with van der Waals surface area (Å²) in [5, 5.41) is 9.35. The third-order valence-corrected chi connectivity index (χ3v) is 3.20. The maximum absolute atomic E-state index is 8.77. The molecule has 0 atom stereocenters. The second kappa shape index (κ2) is 4.08. The second-order valence-electron chi connectivity index (χ2n) is 3.88. The van der Waals surface area contributed by atoms with Crippen molar-refractivity contribution < 1.29 is 0 Å². The first kappa shape index (κ1) is 10.3. The quantitative estimate of drug-likeness (QED) is 0.793. The number of hydrogen-bond acceptors (Lipinski definition) is 3. The van der Waals surface area contributed by atoms with Crippen LogP contribution in [0.3, 0.4) is 0 Å². The molecule has 3 nitrogen and oxygen atoms in total. The SMILES string of the molecule is N#Cc1cc(Cl)c(C2CCCC2)nc1N. The fraction of sp³-hybridized carbons (Fsp3) is 0.455. The molecule has 2 N–H and O–H groups in total. The number of nitrogens with zero attached hydrogens (tertiary/aromatic N) is 2. The topological polar surface area (TPSA) is 62.7 Å². The molecule has 1 aromatic rings. The molecule has 1 fully saturated rings. The van der Waals surface area contributed by atoms with Gasteiger partial charge in [0.15, 0.2) is 0 Å². The summed E-state index contributed by atoms with van der Waals surface area (Å²) in [4.78, 5) is 4.25. The minimum atomic E-state index is 0.295. The highest BCUT2D eigenvalue weighted by atomic mass is 35.5. The Morgan fingerprint density at radius 3 is 2.73 bits per heavy atom. The molecule has 0 amide bonds. The van der Waals surface area contributed by atoms with Crippen LogP contribution >= 0.6 is 11.6 Å². The van der Waals surface area contributed by atoms with Gasteiger partial charge in [0, 0.05) is 5.92 Å². The van der Waals surface area contributed by atoms with Crippen molar-refractivity contribution in [3.05, 3.63) is 22.3 Å². The monoisotopic (exact) mass is 221 g/mol. The molecule has 4 heteroatoms. The van der Waals surface area contributed by atoms with E-state index in [0.29, 0.717) is 22.3 Å². The van der Waals surface area contributed by atoms with Gasteiger partial charge in [-0.25, -0.2) is 4.98 Å². The standard InChI is InChI=1S/C11H12ClN3/c12-9-5-8(6-13)11(14)15-10(9)7-3-1-2-4-7/h5,7H,1-4H2,(H2,14,15). The molecule has 1 saturated carbocycles. The molecule has 0 bridgehead atoms. The van der Waals surface area contributed by atoms with E-state index in [-0.39, 0.29) is 0 Å². The molecular formula is C11H12ClN3. The maximum Gasteiger partial charge on any atom is 0.141 e. The minimum absolute atomic E-state index is 0.295. The van der Waals surface area contributed by atoms with Crippen LogP contribution < -0.4 is 5.73 Å². The molecule has 1 heterocycles. The lowest BCUT2D eigenvalue weighted by Crippen LogP contribution is -2.03. The number of halogens is 1. The van der Waals surface area contributed by atoms with E-state index in [1.165, 1.54) is 12.8 Å². The maximum atomic E-state index is 8.77.